The topological polar surface area (TPSA) is 23.8 Å². The van der Waals surface area contributed by atoms with Crippen LogP contribution in [-0.4, -0.2) is 0 Å². The van der Waals surface area contributed by atoms with Crippen LogP contribution in [-0.2, 0) is 10.8 Å². The average Bonchev–Trinajstić information content (AvgIpc) is 2.68. The molecule has 0 aliphatic rings. The van der Waals surface area contributed by atoms with E-state index in [-0.39, 0.29) is 10.8 Å². The van der Waals surface area contributed by atoms with Gasteiger partial charge in [0.2, 0.25) is 0 Å². The van der Waals surface area contributed by atoms with Crippen molar-refractivity contribution in [3.63, 3.8) is 0 Å². The van der Waals surface area contributed by atoms with Crippen LogP contribution in [0.3, 0.4) is 0 Å². The van der Waals surface area contributed by atoms with E-state index in [0.29, 0.717) is 0 Å². The molecule has 0 N–H and O–H groups in total. The summed E-state index contributed by atoms with van der Waals surface area (Å²) in [6.07, 6.45) is 0. The third kappa shape index (κ3) is 5.50. The average molecular weight is 432 g/mol. The van der Waals surface area contributed by atoms with Crippen molar-refractivity contribution < 1.29 is 0 Å². The second kappa shape index (κ2) is 8.92. The fraction of sp³-hybridized carbons (Fsp3) is 0.296. The molecule has 0 amide bonds. The molecule has 3 rings (SSSR count). The summed E-state index contributed by atoms with van der Waals surface area (Å²) in [7, 11) is 0. The number of hydrogen-bond donors (Lipinski definition) is 0. The van der Waals surface area contributed by atoms with E-state index in [1.807, 2.05) is 18.2 Å². The van der Waals surface area contributed by atoms with Crippen molar-refractivity contribution >= 4 is 23.5 Å². The molecular weight excluding hydrogens is 402 g/mol. The second-order valence-electron chi connectivity index (χ2n) is 9.49. The van der Waals surface area contributed by atoms with Gasteiger partial charge in [-0.15, -0.1) is 0 Å². The van der Waals surface area contributed by atoms with E-state index in [1.54, 1.807) is 23.5 Å². The Hall–Kier alpha value is -2.15. The minimum atomic E-state index is 0.139. The van der Waals surface area contributed by atoms with Gasteiger partial charge in [-0.3, -0.25) is 0 Å². The molecule has 0 aromatic heterocycles. The van der Waals surface area contributed by atoms with E-state index in [0.717, 1.165) is 25.1 Å². The van der Waals surface area contributed by atoms with Crippen molar-refractivity contribution in [2.45, 2.75) is 72.0 Å². The summed E-state index contributed by atoms with van der Waals surface area (Å²) in [5.74, 6) is 0. The third-order valence-electron chi connectivity index (χ3n) is 5.00. The molecule has 0 heterocycles. The lowest BCUT2D eigenvalue weighted by Gasteiger charge is -2.19. The molecule has 1 nitrogen and oxygen atoms in total. The molecule has 0 atom stereocenters. The van der Waals surface area contributed by atoms with E-state index in [9.17, 15) is 5.26 Å². The number of rotatable bonds is 4. The molecule has 0 aliphatic carbocycles. The van der Waals surface area contributed by atoms with Crippen molar-refractivity contribution in [3.8, 4) is 6.07 Å². The first-order valence-electron chi connectivity index (χ1n) is 10.2. The Labute approximate surface area is 189 Å². The fourth-order valence-electron chi connectivity index (χ4n) is 3.09. The quantitative estimate of drug-likeness (QED) is 0.414. The van der Waals surface area contributed by atoms with Gasteiger partial charge in [-0.1, -0.05) is 95.4 Å². The Bertz CT molecular complexity index is 967. The standard InChI is InChI=1S/C27H29NS2/c1-26(2,3)19-10-14-21(15-11-19)29-24-8-7-9-25(23(24)18-28)30-22-16-12-20(13-17-22)27(4,5)6/h7-17H,1-6H3. The molecule has 154 valence electrons. The third-order valence-corrected chi connectivity index (χ3v) is 7.13. The minimum Gasteiger partial charge on any atom is -0.192 e. The van der Waals surface area contributed by atoms with Crippen molar-refractivity contribution in [1.29, 1.82) is 5.26 Å². The molecule has 0 bridgehead atoms. The highest BCUT2D eigenvalue weighted by Gasteiger charge is 2.16. The highest BCUT2D eigenvalue weighted by Crippen LogP contribution is 2.38. The Morgan fingerprint density at radius 3 is 1.27 bits per heavy atom. The van der Waals surface area contributed by atoms with Gasteiger partial charge in [0.05, 0.1) is 5.56 Å². The van der Waals surface area contributed by atoms with Gasteiger partial charge in [-0.25, -0.2) is 0 Å². The summed E-state index contributed by atoms with van der Waals surface area (Å²) in [5.41, 5.74) is 3.65. The summed E-state index contributed by atoms with van der Waals surface area (Å²) in [6.45, 7) is 13.3. The monoisotopic (exact) mass is 431 g/mol. The Kier molecular flexibility index (Phi) is 6.70. The van der Waals surface area contributed by atoms with Gasteiger partial charge in [0.25, 0.3) is 0 Å². The fourth-order valence-corrected chi connectivity index (χ4v) is 5.02. The van der Waals surface area contributed by atoms with Gasteiger partial charge in [-0.05, 0) is 58.4 Å². The van der Waals surface area contributed by atoms with Crippen LogP contribution in [0.5, 0.6) is 0 Å². The lowest BCUT2D eigenvalue weighted by atomic mass is 9.87. The molecule has 0 unspecified atom stereocenters. The molecule has 0 radical (unpaired) electrons. The predicted octanol–water partition coefficient (Wildman–Crippen LogP) is 8.46. The van der Waals surface area contributed by atoms with E-state index >= 15 is 0 Å². The van der Waals surface area contributed by atoms with Crippen molar-refractivity contribution in [1.82, 2.24) is 0 Å². The number of hydrogen-bond acceptors (Lipinski definition) is 3. The summed E-state index contributed by atoms with van der Waals surface area (Å²) in [6, 6.07) is 25.9. The Morgan fingerprint density at radius 1 is 0.600 bits per heavy atom. The van der Waals surface area contributed by atoms with Gasteiger partial charge in [0, 0.05) is 19.6 Å². The van der Waals surface area contributed by atoms with Crippen LogP contribution in [0.1, 0.15) is 58.2 Å². The first kappa shape index (κ1) is 22.5. The van der Waals surface area contributed by atoms with E-state index < -0.39 is 0 Å². The summed E-state index contributed by atoms with van der Waals surface area (Å²) >= 11 is 3.31. The number of nitriles is 1. The first-order chi connectivity index (χ1) is 14.1. The highest BCUT2D eigenvalue weighted by molar-refractivity contribution is 8.00. The van der Waals surface area contributed by atoms with E-state index in [4.69, 9.17) is 0 Å². The zero-order valence-corrected chi connectivity index (χ0v) is 20.2. The number of nitrogens with zero attached hydrogens (tertiary/aromatic N) is 1. The van der Waals surface area contributed by atoms with Crippen LogP contribution >= 0.6 is 23.5 Å². The van der Waals surface area contributed by atoms with Gasteiger partial charge >= 0.3 is 0 Å². The molecule has 0 aliphatic heterocycles. The van der Waals surface area contributed by atoms with Crippen LogP contribution in [0, 0.1) is 11.3 Å². The highest BCUT2D eigenvalue weighted by atomic mass is 32.2. The molecule has 3 aromatic rings. The van der Waals surface area contributed by atoms with Crippen LogP contribution in [0.2, 0.25) is 0 Å². The van der Waals surface area contributed by atoms with Crippen molar-refractivity contribution in [3.05, 3.63) is 83.4 Å². The largest absolute Gasteiger partial charge is 0.192 e. The van der Waals surface area contributed by atoms with E-state index in [2.05, 4.69) is 96.1 Å². The summed E-state index contributed by atoms with van der Waals surface area (Å²) in [4.78, 5) is 4.29. The van der Waals surface area contributed by atoms with Crippen LogP contribution in [0.25, 0.3) is 0 Å². The molecule has 30 heavy (non-hydrogen) atoms. The predicted molar refractivity (Wildman–Crippen MR) is 130 cm³/mol. The minimum absolute atomic E-state index is 0.139. The second-order valence-corrected chi connectivity index (χ2v) is 11.7. The lowest BCUT2D eigenvalue weighted by molar-refractivity contribution is 0.589. The number of benzene rings is 3. The molecular formula is C27H29NS2. The maximum atomic E-state index is 9.88. The van der Waals surface area contributed by atoms with Crippen LogP contribution in [0.15, 0.2) is 86.3 Å². The van der Waals surface area contributed by atoms with Gasteiger partial charge in [0.1, 0.15) is 6.07 Å². The SMILES string of the molecule is CC(C)(C)c1ccc(Sc2cccc(Sc3ccc(C(C)(C)C)cc3)c2C#N)cc1. The Balaban J connectivity index is 1.83. The van der Waals surface area contributed by atoms with Crippen molar-refractivity contribution in [2.75, 3.05) is 0 Å². The lowest BCUT2D eigenvalue weighted by Crippen LogP contribution is -2.10. The Morgan fingerprint density at radius 2 is 0.967 bits per heavy atom. The molecule has 0 saturated carbocycles. The van der Waals surface area contributed by atoms with Gasteiger partial charge in [-0.2, -0.15) is 5.26 Å². The van der Waals surface area contributed by atoms with Crippen molar-refractivity contribution in [2.24, 2.45) is 0 Å². The normalized spacial score (nSPS) is 11.9. The smallest absolute Gasteiger partial charge is 0.102 e. The summed E-state index contributed by atoms with van der Waals surface area (Å²) in [5, 5.41) is 9.88. The van der Waals surface area contributed by atoms with Gasteiger partial charge in [0.15, 0.2) is 0 Å². The van der Waals surface area contributed by atoms with E-state index in [1.165, 1.54) is 11.1 Å². The maximum absolute atomic E-state index is 9.88. The molecule has 0 spiro atoms. The zero-order chi connectivity index (χ0) is 21.9. The molecule has 3 heteroatoms. The zero-order valence-electron chi connectivity index (χ0n) is 18.6. The first-order valence-corrected chi connectivity index (χ1v) is 11.8. The molecule has 0 fully saturated rings. The van der Waals surface area contributed by atoms with Gasteiger partial charge < -0.3 is 0 Å². The molecule has 0 saturated heterocycles. The maximum Gasteiger partial charge on any atom is 0.102 e. The van der Waals surface area contributed by atoms with Crippen LogP contribution in [0.4, 0.5) is 0 Å². The van der Waals surface area contributed by atoms with Crippen LogP contribution < -0.4 is 0 Å². The molecule has 3 aromatic carbocycles. The summed E-state index contributed by atoms with van der Waals surface area (Å²) < 4.78 is 0.